The van der Waals surface area contributed by atoms with Gasteiger partial charge in [-0.05, 0) is 37.5 Å². The number of ether oxygens (including phenoxy) is 1. The van der Waals surface area contributed by atoms with Crippen LogP contribution in [0.25, 0.3) is 0 Å². The number of nitrogens with one attached hydrogen (secondary N) is 1. The number of aryl methyl sites for hydroxylation is 1. The van der Waals surface area contributed by atoms with Crippen LogP contribution in [0.5, 0.6) is 0 Å². The minimum absolute atomic E-state index is 0. The summed E-state index contributed by atoms with van der Waals surface area (Å²) in [6.07, 6.45) is 1.10. The highest BCUT2D eigenvalue weighted by molar-refractivity contribution is 7.99. The third kappa shape index (κ3) is 6.72. The molecule has 1 amide bonds. The van der Waals surface area contributed by atoms with E-state index in [-0.39, 0.29) is 24.9 Å². The predicted molar refractivity (Wildman–Crippen MR) is 127 cm³/mol. The molecule has 3 rings (SSSR count). The summed E-state index contributed by atoms with van der Waals surface area (Å²) in [7, 11) is 0. The average Bonchev–Trinajstić information content (AvgIpc) is 2.89. The lowest BCUT2D eigenvalue weighted by atomic mass is 10.0. The van der Waals surface area contributed by atoms with Crippen LogP contribution < -0.4 is 10.2 Å². The first-order chi connectivity index (χ1) is 15.0. The molecule has 0 fully saturated rings. The number of rotatable bonds is 9. The number of halogens is 1. The highest BCUT2D eigenvalue weighted by Gasteiger charge is 2.34. The molecular weight excluding hydrogens is 452 g/mol. The van der Waals surface area contributed by atoms with Gasteiger partial charge in [0.25, 0.3) is 0 Å². The van der Waals surface area contributed by atoms with Crippen molar-refractivity contribution in [1.29, 1.82) is 0 Å². The van der Waals surface area contributed by atoms with Crippen LogP contribution in [0.15, 0.2) is 59.5 Å². The van der Waals surface area contributed by atoms with Crippen molar-refractivity contribution < 1.29 is 24.2 Å². The summed E-state index contributed by atoms with van der Waals surface area (Å²) in [6, 6.07) is 15.6. The fraction of sp³-hybridized carbons (Fsp3) is 0.348. The molecule has 2 N–H and O–H groups in total. The van der Waals surface area contributed by atoms with Gasteiger partial charge in [-0.15, -0.1) is 24.2 Å². The number of hydrogen-bond acceptors (Lipinski definition) is 6. The van der Waals surface area contributed by atoms with E-state index in [1.807, 2.05) is 42.5 Å². The van der Waals surface area contributed by atoms with Crippen molar-refractivity contribution in [2.24, 2.45) is 0 Å². The standard InChI is InChI=1S/C23H26N2O5S.ClH/c1-2-30-23(29)17(13-12-16-8-4-3-5-9-16)24-18-15-31-20-11-7-6-10-19(20)25(22(18)28)14-21(26)27;/h3-11,17-18,24H,2,12-15H2,1H3,(H,26,27);1H. The fourth-order valence-electron chi connectivity index (χ4n) is 3.48. The Hall–Kier alpha value is -2.55. The highest BCUT2D eigenvalue weighted by Crippen LogP contribution is 2.34. The van der Waals surface area contributed by atoms with Crippen LogP contribution >= 0.6 is 24.2 Å². The molecule has 0 aromatic heterocycles. The van der Waals surface area contributed by atoms with Gasteiger partial charge in [0.05, 0.1) is 18.3 Å². The van der Waals surface area contributed by atoms with E-state index < -0.39 is 30.6 Å². The zero-order valence-corrected chi connectivity index (χ0v) is 19.4. The van der Waals surface area contributed by atoms with E-state index >= 15 is 0 Å². The minimum atomic E-state index is -1.10. The maximum absolute atomic E-state index is 13.3. The number of carboxylic acids is 1. The Morgan fingerprint density at radius 3 is 2.56 bits per heavy atom. The van der Waals surface area contributed by atoms with Crippen LogP contribution in [0.2, 0.25) is 0 Å². The number of para-hydroxylation sites is 1. The van der Waals surface area contributed by atoms with Crippen molar-refractivity contribution in [3.63, 3.8) is 0 Å². The van der Waals surface area contributed by atoms with Crippen molar-refractivity contribution >= 4 is 47.7 Å². The third-order valence-electron chi connectivity index (χ3n) is 4.96. The number of anilines is 1. The molecule has 1 aliphatic heterocycles. The molecule has 0 radical (unpaired) electrons. The maximum Gasteiger partial charge on any atom is 0.323 e. The minimum Gasteiger partial charge on any atom is -0.480 e. The van der Waals surface area contributed by atoms with Crippen LogP contribution in [-0.2, 0) is 25.5 Å². The molecule has 9 heteroatoms. The Morgan fingerprint density at radius 2 is 1.88 bits per heavy atom. The van der Waals surface area contributed by atoms with Crippen molar-refractivity contribution in [1.82, 2.24) is 5.32 Å². The summed E-state index contributed by atoms with van der Waals surface area (Å²) in [5.74, 6) is -1.50. The van der Waals surface area contributed by atoms with E-state index in [2.05, 4.69) is 5.32 Å². The first-order valence-electron chi connectivity index (χ1n) is 10.2. The molecule has 0 aliphatic carbocycles. The summed E-state index contributed by atoms with van der Waals surface area (Å²) >= 11 is 1.46. The molecule has 1 aliphatic rings. The first kappa shape index (κ1) is 25.7. The number of fused-ring (bicyclic) bond motifs is 1. The second-order valence-corrected chi connectivity index (χ2v) is 8.21. The van der Waals surface area contributed by atoms with E-state index in [1.165, 1.54) is 16.7 Å². The summed E-state index contributed by atoms with van der Waals surface area (Å²) in [5.41, 5.74) is 1.65. The highest BCUT2D eigenvalue weighted by atomic mass is 35.5. The van der Waals surface area contributed by atoms with Gasteiger partial charge in [-0.2, -0.15) is 0 Å². The van der Waals surface area contributed by atoms with Gasteiger partial charge in [-0.1, -0.05) is 42.5 Å². The Balaban J connectivity index is 0.00000363. The summed E-state index contributed by atoms with van der Waals surface area (Å²) < 4.78 is 5.23. The smallest absolute Gasteiger partial charge is 0.323 e. The summed E-state index contributed by atoms with van der Waals surface area (Å²) in [6.45, 7) is 1.54. The zero-order valence-electron chi connectivity index (χ0n) is 17.7. The number of esters is 1. The van der Waals surface area contributed by atoms with Gasteiger partial charge in [-0.25, -0.2) is 0 Å². The molecule has 0 saturated carbocycles. The van der Waals surface area contributed by atoms with Gasteiger partial charge in [0, 0.05) is 10.6 Å². The van der Waals surface area contributed by atoms with Crippen LogP contribution in [0, 0.1) is 0 Å². The monoisotopic (exact) mass is 478 g/mol. The van der Waals surface area contributed by atoms with Gasteiger partial charge in [0.2, 0.25) is 5.91 Å². The van der Waals surface area contributed by atoms with Crippen molar-refractivity contribution in [2.75, 3.05) is 23.8 Å². The molecule has 2 unspecified atom stereocenters. The number of amides is 1. The number of carboxylic acid groups (broad SMARTS) is 1. The first-order valence-corrected chi connectivity index (χ1v) is 11.2. The number of aliphatic carboxylic acids is 1. The van der Waals surface area contributed by atoms with Crippen LogP contribution in [-0.4, -0.2) is 53.9 Å². The van der Waals surface area contributed by atoms with E-state index in [0.29, 0.717) is 24.3 Å². The number of carbonyl (C=O) groups is 3. The normalized spacial score (nSPS) is 16.3. The van der Waals surface area contributed by atoms with Gasteiger partial charge in [-0.3, -0.25) is 24.6 Å². The largest absolute Gasteiger partial charge is 0.480 e. The summed E-state index contributed by atoms with van der Waals surface area (Å²) in [4.78, 5) is 39.4. The van der Waals surface area contributed by atoms with Crippen molar-refractivity contribution in [3.05, 3.63) is 60.2 Å². The van der Waals surface area contributed by atoms with Crippen LogP contribution in [0.3, 0.4) is 0 Å². The molecule has 2 aromatic rings. The zero-order chi connectivity index (χ0) is 22.2. The lowest BCUT2D eigenvalue weighted by Gasteiger charge is -2.27. The Labute approximate surface area is 197 Å². The number of hydrogen-bond donors (Lipinski definition) is 2. The molecule has 1 heterocycles. The molecule has 172 valence electrons. The van der Waals surface area contributed by atoms with E-state index in [1.54, 1.807) is 19.1 Å². The Bertz CT molecular complexity index is 928. The van der Waals surface area contributed by atoms with E-state index in [0.717, 1.165) is 10.5 Å². The fourth-order valence-corrected chi connectivity index (χ4v) is 4.57. The molecule has 0 saturated heterocycles. The molecule has 0 bridgehead atoms. The summed E-state index contributed by atoms with van der Waals surface area (Å²) in [5, 5.41) is 12.5. The number of benzene rings is 2. The molecular formula is C23H27ClN2O5S. The van der Waals surface area contributed by atoms with Crippen LogP contribution in [0.1, 0.15) is 18.9 Å². The number of carbonyl (C=O) groups excluding carboxylic acids is 2. The topological polar surface area (TPSA) is 95.9 Å². The number of thioether (sulfide) groups is 1. The lowest BCUT2D eigenvalue weighted by molar-refractivity contribution is -0.146. The van der Waals surface area contributed by atoms with Crippen LogP contribution in [0.4, 0.5) is 5.69 Å². The molecule has 7 nitrogen and oxygen atoms in total. The lowest BCUT2D eigenvalue weighted by Crippen LogP contribution is -2.54. The van der Waals surface area contributed by atoms with Gasteiger partial charge >= 0.3 is 11.9 Å². The Kier molecular flexibility index (Phi) is 10.0. The molecule has 2 atom stereocenters. The maximum atomic E-state index is 13.3. The molecule has 32 heavy (non-hydrogen) atoms. The third-order valence-corrected chi connectivity index (χ3v) is 6.11. The molecule has 2 aromatic carbocycles. The van der Waals surface area contributed by atoms with Gasteiger partial charge in [0.1, 0.15) is 12.6 Å². The second-order valence-electron chi connectivity index (χ2n) is 7.15. The quantitative estimate of drug-likeness (QED) is 0.534. The van der Waals surface area contributed by atoms with Gasteiger partial charge < -0.3 is 9.84 Å². The van der Waals surface area contributed by atoms with Crippen molar-refractivity contribution in [2.45, 2.75) is 36.7 Å². The SMILES string of the molecule is CCOC(=O)C(CCc1ccccc1)NC1CSc2ccccc2N(CC(=O)O)C1=O.Cl. The average molecular weight is 479 g/mol. The second kappa shape index (κ2) is 12.5. The van der Waals surface area contributed by atoms with Crippen molar-refractivity contribution in [3.8, 4) is 0 Å². The predicted octanol–water partition coefficient (Wildman–Crippen LogP) is 3.15. The van der Waals surface area contributed by atoms with E-state index in [9.17, 15) is 19.5 Å². The van der Waals surface area contributed by atoms with E-state index in [4.69, 9.17) is 4.74 Å². The Morgan fingerprint density at radius 1 is 1.19 bits per heavy atom. The number of nitrogens with zero attached hydrogens (tertiary/aromatic N) is 1. The van der Waals surface area contributed by atoms with Gasteiger partial charge in [0.15, 0.2) is 0 Å². The molecule has 0 spiro atoms.